The summed E-state index contributed by atoms with van der Waals surface area (Å²) in [5, 5.41) is 12.9. The summed E-state index contributed by atoms with van der Waals surface area (Å²) in [7, 11) is 7.09. The number of aromatic nitrogens is 3. The summed E-state index contributed by atoms with van der Waals surface area (Å²) in [6, 6.07) is 26.9. The number of aromatic amines is 1. The molecule has 2 fully saturated rings. The summed E-state index contributed by atoms with van der Waals surface area (Å²) in [6.07, 6.45) is 4.18. The van der Waals surface area contributed by atoms with Crippen molar-refractivity contribution in [2.75, 3.05) is 97.8 Å². The van der Waals surface area contributed by atoms with Crippen molar-refractivity contribution >= 4 is 34.3 Å². The van der Waals surface area contributed by atoms with E-state index in [2.05, 4.69) is 126 Å². The summed E-state index contributed by atoms with van der Waals surface area (Å²) < 4.78 is 31.0. The van der Waals surface area contributed by atoms with Crippen molar-refractivity contribution in [1.82, 2.24) is 28.9 Å². The molecule has 15 heteroatoms. The fraction of sp³-hybridized carbons (Fsp3) is 0.397. The summed E-state index contributed by atoms with van der Waals surface area (Å²) >= 11 is 0. The second-order valence-corrected chi connectivity index (χ2v) is 19.1. The number of carboxylic acids is 1. The fourth-order valence-electron chi connectivity index (χ4n) is 10.2. The Bertz CT molecular complexity index is 3100. The average Bonchev–Trinajstić information content (AvgIpc) is 4.00. The minimum absolute atomic E-state index is 0. The predicted molar refractivity (Wildman–Crippen MR) is 294 cm³/mol. The number of carboxylic acid groups (broad SMARTS) is 1. The van der Waals surface area contributed by atoms with Crippen molar-refractivity contribution < 1.29 is 29.9 Å². The lowest BCUT2D eigenvalue weighted by atomic mass is 9.98. The number of pyridine rings is 3. The largest absolute Gasteiger partial charge is 0.478 e. The van der Waals surface area contributed by atoms with Gasteiger partial charge in [0, 0.05) is 136 Å². The van der Waals surface area contributed by atoms with Crippen LogP contribution in [0, 0.1) is 27.7 Å². The van der Waals surface area contributed by atoms with E-state index >= 15 is 0 Å². The van der Waals surface area contributed by atoms with E-state index in [9.17, 15) is 23.9 Å². The number of amides is 1. The molecule has 3 N–H and O–H groups in total. The van der Waals surface area contributed by atoms with Crippen LogP contribution in [-0.2, 0) is 16.0 Å². The van der Waals surface area contributed by atoms with Crippen molar-refractivity contribution in [1.29, 1.82) is 0 Å². The van der Waals surface area contributed by atoms with E-state index in [0.717, 1.165) is 105 Å². The fourth-order valence-corrected chi connectivity index (χ4v) is 10.2. The van der Waals surface area contributed by atoms with Crippen LogP contribution in [0.2, 0.25) is 0 Å². The molecule has 2 saturated heterocycles. The normalized spacial score (nSPS) is 15.0. The number of nitrogens with zero attached hydrogens (tertiary/aromatic N) is 6. The molecule has 73 heavy (non-hydrogen) atoms. The molecule has 2 aliphatic rings. The lowest BCUT2D eigenvalue weighted by Gasteiger charge is -2.34. The molecular formula is C58H75FN8O6. The summed E-state index contributed by atoms with van der Waals surface area (Å²) in [5.41, 5.74) is 15.4. The van der Waals surface area contributed by atoms with Crippen LogP contribution in [0.5, 0.6) is 0 Å². The lowest BCUT2D eigenvalue weighted by Crippen LogP contribution is -2.39. The van der Waals surface area contributed by atoms with Crippen LogP contribution >= 0.6 is 0 Å². The topological polar surface area (TPSA) is 140 Å². The second-order valence-electron chi connectivity index (χ2n) is 19.1. The average molecular weight is 1000 g/mol. The Morgan fingerprint density at radius 1 is 0.712 bits per heavy atom. The number of morpholine rings is 2. The van der Waals surface area contributed by atoms with Crippen LogP contribution in [0.3, 0.4) is 0 Å². The van der Waals surface area contributed by atoms with Crippen LogP contribution in [-0.4, -0.2) is 129 Å². The number of benzene rings is 2. The Hall–Kier alpha value is -6.78. The first-order valence-electron chi connectivity index (χ1n) is 25.2. The summed E-state index contributed by atoms with van der Waals surface area (Å²) in [4.78, 5) is 50.1. The Morgan fingerprint density at radius 3 is 1.52 bits per heavy atom. The summed E-state index contributed by atoms with van der Waals surface area (Å²) in [5.74, 6) is -1.08. The maximum absolute atomic E-state index is 13.7. The van der Waals surface area contributed by atoms with E-state index in [0.29, 0.717) is 43.1 Å². The number of hydrogen-bond donors (Lipinski definition) is 3. The highest BCUT2D eigenvalue weighted by molar-refractivity contribution is 5.99. The van der Waals surface area contributed by atoms with Gasteiger partial charge in [0.25, 0.3) is 11.5 Å². The highest BCUT2D eigenvalue weighted by Gasteiger charge is 2.28. The van der Waals surface area contributed by atoms with Crippen molar-refractivity contribution in [3.8, 4) is 22.3 Å². The van der Waals surface area contributed by atoms with E-state index in [1.54, 1.807) is 0 Å². The molecule has 5 aromatic heterocycles. The number of rotatable bonds is 12. The van der Waals surface area contributed by atoms with Gasteiger partial charge in [-0.15, -0.1) is 0 Å². The SMILES string of the molecule is C.Cc1c(C(=O)O)cc2c(-c3ccc(N(C)C)cc3)ccn2c1C(C)N1CCOCC1.Cc1cc(C)c(CNC(=O)c2cc3c(-c4ccc(N(C)C)cc4)ccn3c(C(C)N3CCOCC3)c2C)c(=O)[nH]1.[2H]CF. The third-order valence-corrected chi connectivity index (χ3v) is 14.3. The molecule has 0 bridgehead atoms. The van der Waals surface area contributed by atoms with Gasteiger partial charge >= 0.3 is 5.97 Å². The number of carbonyl (C=O) groups is 2. The number of aromatic carboxylic acids is 1. The molecule has 7 heterocycles. The molecule has 7 aromatic rings. The standard InChI is InChI=1S/C32H39N5O3.C24H29N3O3.CH3F.CH4/c1-20-17-21(2)34-32(39)28(20)19-33-31(38)27-18-29-26(24-7-9-25(10-8-24)35(5)6)11-12-37(29)30(22(27)3)23(4)36-13-15-40-16-14-36;1-16-21(24(28)29)15-22-20(18-5-7-19(8-6-18)25(3)4)9-10-27(22)23(16)17(2)26-11-13-30-14-12-26;1-2;/h7-12,17-18,23H,13-16,19H2,1-6H3,(H,33,38)(H,34,39);5-10,15,17H,11-14H2,1-4H3,(H,28,29);1H3;1H4/i;;1D;. The van der Waals surface area contributed by atoms with Gasteiger partial charge in [0.2, 0.25) is 0 Å². The van der Waals surface area contributed by atoms with E-state index in [-0.39, 0.29) is 37.5 Å². The van der Waals surface area contributed by atoms with Gasteiger partial charge in [0.15, 0.2) is 0 Å². The number of ether oxygens (including phenoxy) is 2. The molecule has 0 spiro atoms. The maximum Gasteiger partial charge on any atom is 0.336 e. The summed E-state index contributed by atoms with van der Waals surface area (Å²) in [6.45, 7) is 18.4. The zero-order chi connectivity index (χ0) is 52.7. The highest BCUT2D eigenvalue weighted by Crippen LogP contribution is 2.36. The van der Waals surface area contributed by atoms with Gasteiger partial charge in [-0.05, 0) is 124 Å². The van der Waals surface area contributed by atoms with E-state index in [1.165, 1.54) is 0 Å². The van der Waals surface area contributed by atoms with Crippen LogP contribution in [0.1, 0.15) is 94.8 Å². The van der Waals surface area contributed by atoms with Gasteiger partial charge in [-0.3, -0.25) is 23.8 Å². The van der Waals surface area contributed by atoms with Crippen LogP contribution in [0.25, 0.3) is 33.3 Å². The molecule has 0 aliphatic carbocycles. The number of anilines is 2. The molecular weight excluding hydrogens is 924 g/mol. The first kappa shape index (κ1) is 54.0. The molecule has 2 aromatic carbocycles. The zero-order valence-electron chi connectivity index (χ0n) is 44.4. The number of alkyl halides is 1. The van der Waals surface area contributed by atoms with Gasteiger partial charge in [-0.1, -0.05) is 31.7 Å². The number of nitrogens with one attached hydrogen (secondary N) is 2. The predicted octanol–water partition coefficient (Wildman–Crippen LogP) is 9.90. The molecule has 1 amide bonds. The van der Waals surface area contributed by atoms with Gasteiger partial charge < -0.3 is 43.5 Å². The van der Waals surface area contributed by atoms with Gasteiger partial charge in [0.1, 0.15) is 0 Å². The van der Waals surface area contributed by atoms with E-state index < -0.39 is 13.1 Å². The number of hydrogen-bond acceptors (Lipinski definition) is 9. The Morgan fingerprint density at radius 2 is 1.12 bits per heavy atom. The molecule has 14 nitrogen and oxygen atoms in total. The molecule has 0 radical (unpaired) electrons. The number of fused-ring (bicyclic) bond motifs is 2. The minimum Gasteiger partial charge on any atom is -0.478 e. The molecule has 2 aliphatic heterocycles. The molecule has 2 unspecified atom stereocenters. The monoisotopic (exact) mass is 1000 g/mol. The number of carbonyl (C=O) groups excluding carboxylic acids is 1. The Balaban J connectivity index is 0.000000234. The first-order chi connectivity index (χ1) is 34.9. The quantitative estimate of drug-likeness (QED) is 0.108. The number of halogens is 1. The lowest BCUT2D eigenvalue weighted by molar-refractivity contribution is 0.0186. The Labute approximate surface area is 431 Å². The maximum atomic E-state index is 13.7. The molecule has 2 atom stereocenters. The van der Waals surface area contributed by atoms with Crippen LogP contribution < -0.4 is 20.7 Å². The van der Waals surface area contributed by atoms with E-state index in [1.807, 2.05) is 74.1 Å². The van der Waals surface area contributed by atoms with Crippen LogP contribution in [0.4, 0.5) is 15.8 Å². The Kier molecular flexibility index (Phi) is 18.0. The van der Waals surface area contributed by atoms with Crippen molar-refractivity contribution in [2.45, 2.75) is 67.6 Å². The first-order valence-corrected chi connectivity index (χ1v) is 24.5. The molecule has 0 saturated carbocycles. The third kappa shape index (κ3) is 11.9. The van der Waals surface area contributed by atoms with Crippen molar-refractivity contribution in [2.24, 2.45) is 0 Å². The van der Waals surface area contributed by atoms with Crippen LogP contribution in [0.15, 0.2) is 96.1 Å². The number of aryl methyl sites for hydroxylation is 2. The van der Waals surface area contributed by atoms with Gasteiger partial charge in [0.05, 0.1) is 51.5 Å². The molecule has 390 valence electrons. The van der Waals surface area contributed by atoms with Crippen molar-refractivity contribution in [3.63, 3.8) is 0 Å². The number of H-pyrrole nitrogens is 1. The smallest absolute Gasteiger partial charge is 0.336 e. The third-order valence-electron chi connectivity index (χ3n) is 14.3. The van der Waals surface area contributed by atoms with E-state index in [4.69, 9.17) is 10.8 Å². The van der Waals surface area contributed by atoms with Crippen molar-refractivity contribution in [3.05, 3.63) is 152 Å². The van der Waals surface area contributed by atoms with Gasteiger partial charge in [-0.25, -0.2) is 4.79 Å². The minimum atomic E-state index is -1.00. The van der Waals surface area contributed by atoms with Gasteiger partial charge in [-0.2, -0.15) is 0 Å². The molecule has 9 rings (SSSR count). The highest BCUT2D eigenvalue weighted by atomic mass is 19.1. The zero-order valence-corrected chi connectivity index (χ0v) is 43.4. The second kappa shape index (κ2) is 24.3.